The largest absolute Gasteiger partial charge is 0.337 e. The highest BCUT2D eigenvalue weighted by atomic mass is 16.5. The molecule has 1 unspecified atom stereocenters. The number of hydrogen-bond acceptors (Lipinski definition) is 4. The van der Waals surface area contributed by atoms with Crippen LogP contribution in [0.3, 0.4) is 0 Å². The van der Waals surface area contributed by atoms with E-state index < -0.39 is 5.54 Å². The Labute approximate surface area is 114 Å². The summed E-state index contributed by atoms with van der Waals surface area (Å²) >= 11 is 0. The molecule has 1 atom stereocenters. The van der Waals surface area contributed by atoms with E-state index in [1.807, 2.05) is 19.1 Å². The normalized spacial score (nSPS) is 14.3. The summed E-state index contributed by atoms with van der Waals surface area (Å²) in [6.45, 7) is 6.11. The van der Waals surface area contributed by atoms with Gasteiger partial charge < -0.3 is 10.3 Å². The van der Waals surface area contributed by atoms with Gasteiger partial charge in [0.1, 0.15) is 0 Å². The third kappa shape index (κ3) is 3.20. The SMILES string of the molecule is CCCC(C)(N)c1nc(Cc2ccccc2C)no1. The Kier molecular flexibility index (Phi) is 4.00. The van der Waals surface area contributed by atoms with Crippen molar-refractivity contribution in [1.29, 1.82) is 0 Å². The van der Waals surface area contributed by atoms with Crippen LogP contribution in [-0.4, -0.2) is 10.1 Å². The number of nitrogens with two attached hydrogens (primary N) is 1. The summed E-state index contributed by atoms with van der Waals surface area (Å²) < 4.78 is 5.31. The van der Waals surface area contributed by atoms with Gasteiger partial charge in [-0.15, -0.1) is 0 Å². The molecule has 0 aliphatic rings. The van der Waals surface area contributed by atoms with Gasteiger partial charge in [0.15, 0.2) is 5.82 Å². The number of rotatable bonds is 5. The standard InChI is InChI=1S/C15H21N3O/c1-4-9-15(3,16)14-17-13(18-19-14)10-12-8-6-5-7-11(12)2/h5-8H,4,9-10,16H2,1-3H3. The van der Waals surface area contributed by atoms with Crippen LogP contribution in [0.2, 0.25) is 0 Å². The summed E-state index contributed by atoms with van der Waals surface area (Å²) in [5, 5.41) is 4.04. The van der Waals surface area contributed by atoms with Gasteiger partial charge in [-0.25, -0.2) is 0 Å². The molecule has 4 heteroatoms. The van der Waals surface area contributed by atoms with E-state index >= 15 is 0 Å². The van der Waals surface area contributed by atoms with Gasteiger partial charge in [0.05, 0.1) is 5.54 Å². The lowest BCUT2D eigenvalue weighted by Gasteiger charge is -2.18. The molecule has 1 aromatic heterocycles. The van der Waals surface area contributed by atoms with Crippen molar-refractivity contribution in [2.45, 2.75) is 45.6 Å². The van der Waals surface area contributed by atoms with E-state index in [0.29, 0.717) is 18.1 Å². The minimum absolute atomic E-state index is 0.526. The Balaban J connectivity index is 2.16. The van der Waals surface area contributed by atoms with E-state index in [9.17, 15) is 0 Å². The Morgan fingerprint density at radius 3 is 2.74 bits per heavy atom. The second-order valence-electron chi connectivity index (χ2n) is 5.29. The quantitative estimate of drug-likeness (QED) is 0.896. The number of aryl methyl sites for hydroxylation is 1. The van der Waals surface area contributed by atoms with Crippen molar-refractivity contribution >= 4 is 0 Å². The topological polar surface area (TPSA) is 64.9 Å². The van der Waals surface area contributed by atoms with Crippen molar-refractivity contribution in [3.63, 3.8) is 0 Å². The molecule has 2 aromatic rings. The zero-order valence-corrected chi connectivity index (χ0v) is 11.8. The van der Waals surface area contributed by atoms with Crippen LogP contribution in [0.4, 0.5) is 0 Å². The number of benzene rings is 1. The molecule has 0 spiro atoms. The Bertz CT molecular complexity index is 546. The summed E-state index contributed by atoms with van der Waals surface area (Å²) in [4.78, 5) is 4.43. The van der Waals surface area contributed by atoms with Crippen LogP contribution < -0.4 is 5.73 Å². The predicted octanol–water partition coefficient (Wildman–Crippen LogP) is 2.94. The maximum atomic E-state index is 6.19. The molecule has 4 nitrogen and oxygen atoms in total. The average Bonchev–Trinajstić information content (AvgIpc) is 2.81. The lowest BCUT2D eigenvalue weighted by Crippen LogP contribution is -2.33. The molecule has 0 aliphatic heterocycles. The molecular weight excluding hydrogens is 238 g/mol. The van der Waals surface area contributed by atoms with E-state index in [1.165, 1.54) is 11.1 Å². The number of hydrogen-bond donors (Lipinski definition) is 1. The third-order valence-electron chi connectivity index (χ3n) is 3.34. The van der Waals surface area contributed by atoms with Crippen molar-refractivity contribution in [1.82, 2.24) is 10.1 Å². The molecule has 0 aliphatic carbocycles. The molecule has 0 amide bonds. The first-order valence-corrected chi connectivity index (χ1v) is 6.69. The number of nitrogens with zero attached hydrogens (tertiary/aromatic N) is 2. The van der Waals surface area contributed by atoms with Gasteiger partial charge in [-0.1, -0.05) is 42.8 Å². The molecule has 0 radical (unpaired) electrons. The molecule has 2 rings (SSSR count). The maximum Gasteiger partial charge on any atom is 0.246 e. The highest BCUT2D eigenvalue weighted by Gasteiger charge is 2.27. The van der Waals surface area contributed by atoms with Crippen LogP contribution in [0.15, 0.2) is 28.8 Å². The third-order valence-corrected chi connectivity index (χ3v) is 3.34. The monoisotopic (exact) mass is 259 g/mol. The van der Waals surface area contributed by atoms with E-state index in [2.05, 4.69) is 36.1 Å². The lowest BCUT2D eigenvalue weighted by atomic mass is 9.98. The average molecular weight is 259 g/mol. The van der Waals surface area contributed by atoms with E-state index in [0.717, 1.165) is 12.8 Å². The van der Waals surface area contributed by atoms with Crippen LogP contribution in [-0.2, 0) is 12.0 Å². The number of aromatic nitrogens is 2. The van der Waals surface area contributed by atoms with E-state index in [4.69, 9.17) is 10.3 Å². The molecule has 1 aromatic carbocycles. The molecule has 102 valence electrons. The summed E-state index contributed by atoms with van der Waals surface area (Å²) in [6, 6.07) is 8.21. The van der Waals surface area contributed by atoms with Crippen LogP contribution in [0.1, 0.15) is 49.5 Å². The Morgan fingerprint density at radius 1 is 1.32 bits per heavy atom. The minimum atomic E-state index is -0.536. The van der Waals surface area contributed by atoms with Crippen molar-refractivity contribution < 1.29 is 4.52 Å². The zero-order chi connectivity index (χ0) is 13.9. The second kappa shape index (κ2) is 5.53. The van der Waals surface area contributed by atoms with Gasteiger partial charge >= 0.3 is 0 Å². The first-order valence-electron chi connectivity index (χ1n) is 6.69. The van der Waals surface area contributed by atoms with Gasteiger partial charge in [0.25, 0.3) is 0 Å². The second-order valence-corrected chi connectivity index (χ2v) is 5.29. The molecule has 0 saturated heterocycles. The molecule has 2 N–H and O–H groups in total. The van der Waals surface area contributed by atoms with Crippen LogP contribution in [0, 0.1) is 6.92 Å². The van der Waals surface area contributed by atoms with Gasteiger partial charge in [-0.3, -0.25) is 0 Å². The summed E-state index contributed by atoms with van der Waals surface area (Å²) in [5.41, 5.74) is 8.10. The fourth-order valence-electron chi connectivity index (χ4n) is 2.16. The Hall–Kier alpha value is -1.68. The first kappa shape index (κ1) is 13.7. The molecule has 19 heavy (non-hydrogen) atoms. The minimum Gasteiger partial charge on any atom is -0.337 e. The van der Waals surface area contributed by atoms with Crippen LogP contribution in [0.5, 0.6) is 0 Å². The summed E-state index contributed by atoms with van der Waals surface area (Å²) in [5.74, 6) is 1.22. The van der Waals surface area contributed by atoms with Crippen molar-refractivity contribution in [3.05, 3.63) is 47.1 Å². The zero-order valence-electron chi connectivity index (χ0n) is 11.8. The molecule has 0 saturated carbocycles. The van der Waals surface area contributed by atoms with Gasteiger partial charge in [0, 0.05) is 6.42 Å². The van der Waals surface area contributed by atoms with Gasteiger partial charge in [-0.2, -0.15) is 4.98 Å². The predicted molar refractivity (Wildman–Crippen MR) is 74.7 cm³/mol. The highest BCUT2D eigenvalue weighted by molar-refractivity contribution is 5.28. The lowest BCUT2D eigenvalue weighted by molar-refractivity contribution is 0.282. The van der Waals surface area contributed by atoms with Gasteiger partial charge in [-0.05, 0) is 31.4 Å². The van der Waals surface area contributed by atoms with E-state index in [-0.39, 0.29) is 0 Å². The molecular formula is C15H21N3O. The summed E-state index contributed by atoms with van der Waals surface area (Å²) in [7, 11) is 0. The summed E-state index contributed by atoms with van der Waals surface area (Å²) in [6.07, 6.45) is 2.50. The van der Waals surface area contributed by atoms with Crippen LogP contribution >= 0.6 is 0 Å². The first-order chi connectivity index (χ1) is 9.03. The van der Waals surface area contributed by atoms with Crippen LogP contribution in [0.25, 0.3) is 0 Å². The van der Waals surface area contributed by atoms with Gasteiger partial charge in [0.2, 0.25) is 5.89 Å². The van der Waals surface area contributed by atoms with Crippen molar-refractivity contribution in [2.75, 3.05) is 0 Å². The fourth-order valence-corrected chi connectivity index (χ4v) is 2.16. The highest BCUT2D eigenvalue weighted by Crippen LogP contribution is 2.22. The van der Waals surface area contributed by atoms with Crippen molar-refractivity contribution in [2.24, 2.45) is 5.73 Å². The van der Waals surface area contributed by atoms with E-state index in [1.54, 1.807) is 0 Å². The Morgan fingerprint density at radius 2 is 2.05 bits per heavy atom. The molecule has 0 fully saturated rings. The molecule has 0 bridgehead atoms. The molecule has 1 heterocycles. The smallest absolute Gasteiger partial charge is 0.246 e. The van der Waals surface area contributed by atoms with Crippen molar-refractivity contribution in [3.8, 4) is 0 Å². The fraction of sp³-hybridized carbons (Fsp3) is 0.467. The maximum absolute atomic E-state index is 6.19.